The van der Waals surface area contributed by atoms with E-state index in [0.717, 1.165) is 24.5 Å². The second-order valence-corrected chi connectivity index (χ2v) is 6.54. The first-order chi connectivity index (χ1) is 10.3. The SMILES string of the molecule is O=C1CC(CN2CCCC2)Nc2nc(-c3cccs3)nn21. The molecule has 1 saturated heterocycles. The van der Waals surface area contributed by atoms with Crippen molar-refractivity contribution < 1.29 is 4.79 Å². The minimum Gasteiger partial charge on any atom is -0.349 e. The Kier molecular flexibility index (Phi) is 3.23. The van der Waals surface area contributed by atoms with Crippen LogP contribution < -0.4 is 5.32 Å². The normalized spacial score (nSPS) is 22.3. The summed E-state index contributed by atoms with van der Waals surface area (Å²) in [5.41, 5.74) is 0. The Morgan fingerprint density at radius 3 is 3.00 bits per heavy atom. The first kappa shape index (κ1) is 13.0. The van der Waals surface area contributed by atoms with Crippen LogP contribution in [0.3, 0.4) is 0 Å². The number of carbonyl (C=O) groups is 1. The minimum absolute atomic E-state index is 0.0308. The van der Waals surface area contributed by atoms with Crippen molar-refractivity contribution in [3.8, 4) is 10.7 Å². The summed E-state index contributed by atoms with van der Waals surface area (Å²) in [5.74, 6) is 1.24. The minimum atomic E-state index is 0.0308. The number of likely N-dealkylation sites (tertiary alicyclic amines) is 1. The number of rotatable bonds is 3. The zero-order valence-electron chi connectivity index (χ0n) is 11.7. The van der Waals surface area contributed by atoms with Gasteiger partial charge in [-0.2, -0.15) is 9.67 Å². The van der Waals surface area contributed by atoms with E-state index in [2.05, 4.69) is 20.3 Å². The van der Waals surface area contributed by atoms with E-state index in [1.165, 1.54) is 17.5 Å². The van der Waals surface area contributed by atoms with Crippen molar-refractivity contribution in [2.45, 2.75) is 25.3 Å². The topological polar surface area (TPSA) is 63.1 Å². The summed E-state index contributed by atoms with van der Waals surface area (Å²) in [6.07, 6.45) is 3.01. The number of thiophene rings is 1. The Morgan fingerprint density at radius 1 is 1.38 bits per heavy atom. The van der Waals surface area contributed by atoms with Crippen LogP contribution in [0, 0.1) is 0 Å². The molecule has 1 fully saturated rings. The van der Waals surface area contributed by atoms with E-state index in [1.807, 2.05) is 17.5 Å². The molecule has 0 spiro atoms. The quantitative estimate of drug-likeness (QED) is 0.938. The number of fused-ring (bicyclic) bond motifs is 1. The molecule has 0 amide bonds. The smallest absolute Gasteiger partial charge is 0.252 e. The van der Waals surface area contributed by atoms with Crippen LogP contribution in [0.25, 0.3) is 10.7 Å². The van der Waals surface area contributed by atoms with Crippen molar-refractivity contribution in [2.75, 3.05) is 25.0 Å². The summed E-state index contributed by atoms with van der Waals surface area (Å²) < 4.78 is 1.41. The molecule has 0 bridgehead atoms. The molecule has 0 saturated carbocycles. The summed E-state index contributed by atoms with van der Waals surface area (Å²) in [4.78, 5) is 20.1. The van der Waals surface area contributed by atoms with Gasteiger partial charge in [-0.15, -0.1) is 16.4 Å². The van der Waals surface area contributed by atoms with Gasteiger partial charge in [0.05, 0.1) is 17.3 Å². The van der Waals surface area contributed by atoms with E-state index in [0.29, 0.717) is 18.2 Å². The standard InChI is InChI=1S/C14H17N5OS/c20-12-8-10(9-18-5-1-2-6-18)15-14-16-13(17-19(12)14)11-4-3-7-21-11/h3-4,7,10H,1-2,5-6,8-9H2,(H,15,16,17). The molecule has 2 aromatic heterocycles. The summed E-state index contributed by atoms with van der Waals surface area (Å²) in [6.45, 7) is 3.19. The maximum absolute atomic E-state index is 12.3. The highest BCUT2D eigenvalue weighted by molar-refractivity contribution is 7.13. The molecular weight excluding hydrogens is 286 g/mol. The van der Waals surface area contributed by atoms with Gasteiger partial charge in [0.25, 0.3) is 5.91 Å². The number of aromatic nitrogens is 3. The third-order valence-electron chi connectivity index (χ3n) is 4.02. The number of carbonyl (C=O) groups excluding carboxylic acids is 1. The van der Waals surface area contributed by atoms with Crippen LogP contribution in [0.2, 0.25) is 0 Å². The molecule has 2 aromatic rings. The van der Waals surface area contributed by atoms with Gasteiger partial charge < -0.3 is 10.2 Å². The van der Waals surface area contributed by atoms with Gasteiger partial charge in [0.15, 0.2) is 5.82 Å². The maximum Gasteiger partial charge on any atom is 0.252 e. The van der Waals surface area contributed by atoms with Gasteiger partial charge in [-0.1, -0.05) is 6.07 Å². The van der Waals surface area contributed by atoms with Gasteiger partial charge in [-0.3, -0.25) is 4.79 Å². The molecule has 0 radical (unpaired) electrons. The predicted octanol–water partition coefficient (Wildman–Crippen LogP) is 1.93. The van der Waals surface area contributed by atoms with E-state index < -0.39 is 0 Å². The third kappa shape index (κ3) is 2.47. The van der Waals surface area contributed by atoms with Crippen molar-refractivity contribution in [1.82, 2.24) is 19.7 Å². The molecule has 21 heavy (non-hydrogen) atoms. The van der Waals surface area contributed by atoms with E-state index in [9.17, 15) is 4.79 Å². The molecular formula is C14H17N5OS. The highest BCUT2D eigenvalue weighted by Crippen LogP contribution is 2.25. The molecule has 1 atom stereocenters. The molecule has 1 N–H and O–H groups in total. The Hall–Kier alpha value is -1.73. The largest absolute Gasteiger partial charge is 0.349 e. The van der Waals surface area contributed by atoms with Crippen molar-refractivity contribution in [3.63, 3.8) is 0 Å². The predicted molar refractivity (Wildman–Crippen MR) is 81.7 cm³/mol. The molecule has 4 rings (SSSR count). The van der Waals surface area contributed by atoms with Crippen molar-refractivity contribution >= 4 is 23.2 Å². The van der Waals surface area contributed by atoms with E-state index in [-0.39, 0.29) is 11.9 Å². The highest BCUT2D eigenvalue weighted by Gasteiger charge is 2.29. The Balaban J connectivity index is 1.55. The maximum atomic E-state index is 12.3. The fourth-order valence-electron chi connectivity index (χ4n) is 3.01. The molecule has 0 aromatic carbocycles. The Bertz CT molecular complexity index is 644. The summed E-state index contributed by atoms with van der Waals surface area (Å²) in [7, 11) is 0. The lowest BCUT2D eigenvalue weighted by atomic mass is 10.1. The van der Waals surface area contributed by atoms with Crippen LogP contribution in [0.5, 0.6) is 0 Å². The number of nitrogens with one attached hydrogen (secondary N) is 1. The zero-order chi connectivity index (χ0) is 14.2. The summed E-state index contributed by atoms with van der Waals surface area (Å²) >= 11 is 1.58. The highest BCUT2D eigenvalue weighted by atomic mass is 32.1. The lowest BCUT2D eigenvalue weighted by molar-refractivity contribution is 0.0865. The number of hydrogen-bond acceptors (Lipinski definition) is 6. The van der Waals surface area contributed by atoms with Crippen LogP contribution in [0.4, 0.5) is 5.95 Å². The van der Waals surface area contributed by atoms with Crippen LogP contribution in [0.15, 0.2) is 17.5 Å². The summed E-state index contributed by atoms with van der Waals surface area (Å²) in [5, 5.41) is 9.69. The van der Waals surface area contributed by atoms with Crippen molar-refractivity contribution in [2.24, 2.45) is 0 Å². The van der Waals surface area contributed by atoms with Gasteiger partial charge >= 0.3 is 0 Å². The molecule has 4 heterocycles. The second-order valence-electron chi connectivity index (χ2n) is 5.59. The van der Waals surface area contributed by atoms with Gasteiger partial charge in [0, 0.05) is 6.54 Å². The first-order valence-corrected chi connectivity index (χ1v) is 8.20. The molecule has 110 valence electrons. The third-order valence-corrected chi connectivity index (χ3v) is 4.88. The van der Waals surface area contributed by atoms with Crippen LogP contribution >= 0.6 is 11.3 Å². The van der Waals surface area contributed by atoms with Gasteiger partial charge in [-0.25, -0.2) is 0 Å². The van der Waals surface area contributed by atoms with Crippen LogP contribution in [0.1, 0.15) is 24.1 Å². The Labute approximate surface area is 126 Å². The molecule has 1 unspecified atom stereocenters. The van der Waals surface area contributed by atoms with Gasteiger partial charge in [0.1, 0.15) is 0 Å². The average molecular weight is 303 g/mol. The van der Waals surface area contributed by atoms with E-state index in [4.69, 9.17) is 0 Å². The average Bonchev–Trinajstić information content (AvgIpc) is 3.19. The fourth-order valence-corrected chi connectivity index (χ4v) is 3.66. The molecule has 2 aliphatic rings. The summed E-state index contributed by atoms with van der Waals surface area (Å²) in [6, 6.07) is 4.08. The van der Waals surface area contributed by atoms with Crippen molar-refractivity contribution in [3.05, 3.63) is 17.5 Å². The Morgan fingerprint density at radius 2 is 2.24 bits per heavy atom. The fraction of sp³-hybridized carbons (Fsp3) is 0.500. The molecule has 0 aliphatic carbocycles. The molecule has 7 heteroatoms. The van der Waals surface area contributed by atoms with E-state index in [1.54, 1.807) is 11.3 Å². The zero-order valence-corrected chi connectivity index (χ0v) is 12.5. The molecule has 6 nitrogen and oxygen atoms in total. The van der Waals surface area contributed by atoms with Crippen LogP contribution in [-0.2, 0) is 0 Å². The number of hydrogen-bond donors (Lipinski definition) is 1. The number of nitrogens with zero attached hydrogens (tertiary/aromatic N) is 4. The first-order valence-electron chi connectivity index (χ1n) is 7.32. The lowest BCUT2D eigenvalue weighted by Gasteiger charge is -2.27. The number of anilines is 1. The second kappa shape index (κ2) is 5.23. The monoisotopic (exact) mass is 303 g/mol. The van der Waals surface area contributed by atoms with Gasteiger partial charge in [0.2, 0.25) is 5.95 Å². The van der Waals surface area contributed by atoms with Gasteiger partial charge in [-0.05, 0) is 37.4 Å². The molecule has 2 aliphatic heterocycles. The van der Waals surface area contributed by atoms with E-state index >= 15 is 0 Å². The van der Waals surface area contributed by atoms with Crippen LogP contribution in [-0.4, -0.2) is 51.2 Å². The van der Waals surface area contributed by atoms with Crippen molar-refractivity contribution in [1.29, 1.82) is 0 Å². The lowest BCUT2D eigenvalue weighted by Crippen LogP contribution is -2.41.